The Hall–Kier alpha value is -2.36. The lowest BCUT2D eigenvalue weighted by Gasteiger charge is -1.97. The number of aliphatic carboxylic acids is 4. The molecule has 0 aliphatic rings. The van der Waals surface area contributed by atoms with E-state index in [2.05, 4.69) is 11.5 Å². The van der Waals surface area contributed by atoms with E-state index in [-0.39, 0.29) is 11.0 Å². The Morgan fingerprint density at radius 1 is 0.773 bits per heavy atom. The molecule has 14 nitrogen and oxygen atoms in total. The van der Waals surface area contributed by atoms with Crippen molar-refractivity contribution in [3.8, 4) is 0 Å². The van der Waals surface area contributed by atoms with Gasteiger partial charge in [0.05, 0.1) is 11.9 Å². The molecule has 0 spiro atoms. The Morgan fingerprint density at radius 2 is 0.955 bits per heavy atom. The molecule has 0 aliphatic carbocycles. The number of rotatable bonds is 4. The lowest BCUT2D eigenvalue weighted by atomic mass is 10.3. The van der Waals surface area contributed by atoms with E-state index in [4.69, 9.17) is 40.2 Å². The number of carboxylic acid groups (broad SMARTS) is 4. The highest BCUT2D eigenvalue weighted by Crippen LogP contribution is 1.68. The summed E-state index contributed by atoms with van der Waals surface area (Å²) in [5, 5.41) is 49.9. The second kappa shape index (κ2) is 18.6. The van der Waals surface area contributed by atoms with Crippen LogP contribution in [0.4, 0.5) is 0 Å². The largest absolute Gasteiger partial charge is 0.543 e. The topological polar surface area (TPSA) is 314 Å². The highest BCUT2D eigenvalue weighted by atomic mass is 16.4. The highest BCUT2D eigenvalue weighted by Gasteiger charge is 2.12. The van der Waals surface area contributed by atoms with E-state index in [0.717, 1.165) is 0 Å². The van der Waals surface area contributed by atoms with E-state index in [1.54, 1.807) is 0 Å². The minimum atomic E-state index is -2.19. The molecule has 0 aromatic carbocycles. The van der Waals surface area contributed by atoms with Crippen LogP contribution in [0, 0.1) is 0 Å². The summed E-state index contributed by atoms with van der Waals surface area (Å²) in [7, 11) is 0. The van der Waals surface area contributed by atoms with E-state index >= 15 is 0 Å². The van der Waals surface area contributed by atoms with Crippen molar-refractivity contribution < 1.29 is 72.2 Å². The summed E-state index contributed by atoms with van der Waals surface area (Å²) in [6, 6.07) is -1.75. The maximum Gasteiger partial charge on any atom is 0.364 e. The van der Waals surface area contributed by atoms with E-state index in [9.17, 15) is 9.59 Å². The third-order valence-electron chi connectivity index (χ3n) is 1.31. The zero-order chi connectivity index (χ0) is 16.9. The van der Waals surface area contributed by atoms with Gasteiger partial charge >= 0.3 is 11.9 Å². The molecule has 0 aromatic rings. The van der Waals surface area contributed by atoms with Crippen LogP contribution < -0.4 is 21.7 Å². The third kappa shape index (κ3) is 26.3. The van der Waals surface area contributed by atoms with Gasteiger partial charge in [-0.2, -0.15) is 0 Å². The molecule has 2 unspecified atom stereocenters. The number of aliphatic hydroxyl groups excluding tert-OH is 2. The van der Waals surface area contributed by atoms with E-state index in [1.807, 2.05) is 0 Å². The number of carbonyl (C=O) groups is 4. The van der Waals surface area contributed by atoms with Gasteiger partial charge in [0.25, 0.3) is 0 Å². The molecule has 22 heavy (non-hydrogen) atoms. The Labute approximate surface area is 122 Å². The monoisotopic (exact) mass is 336 g/mol. The summed E-state index contributed by atoms with van der Waals surface area (Å²) in [5.74, 6) is -6.50. The van der Waals surface area contributed by atoms with Gasteiger partial charge in [-0.3, -0.25) is 0 Å². The van der Waals surface area contributed by atoms with Crippen molar-refractivity contribution in [1.29, 1.82) is 0 Å². The van der Waals surface area contributed by atoms with Crippen molar-refractivity contribution >= 4 is 23.9 Å². The van der Waals surface area contributed by atoms with Crippen molar-refractivity contribution in [1.82, 2.24) is 0 Å². The average Bonchev–Trinajstić information content (AvgIpc) is 2.37. The third-order valence-corrected chi connectivity index (χ3v) is 1.31. The summed E-state index contributed by atoms with van der Waals surface area (Å²) in [4.78, 5) is 37.3. The first-order valence-corrected chi connectivity index (χ1v) is 4.76. The fraction of sp³-hybridized carbons (Fsp3) is 0.500. The van der Waals surface area contributed by atoms with E-state index in [1.165, 1.54) is 0 Å². The van der Waals surface area contributed by atoms with Gasteiger partial charge in [-0.1, -0.05) is 0 Å². The van der Waals surface area contributed by atoms with Crippen molar-refractivity contribution in [2.45, 2.75) is 12.1 Å². The first-order chi connectivity index (χ1) is 9.00. The maximum atomic E-state index is 9.71. The van der Waals surface area contributed by atoms with Gasteiger partial charge in [-0.05, 0) is 0 Å². The van der Waals surface area contributed by atoms with Crippen molar-refractivity contribution in [2.24, 2.45) is 0 Å². The number of aliphatic hydroxyl groups is 2. The molecule has 134 valence electrons. The Bertz CT molecular complexity index is 301. The summed E-state index contributed by atoms with van der Waals surface area (Å²) in [5.41, 5.74) is 6.21. The van der Waals surface area contributed by atoms with E-state index < -0.39 is 49.2 Å². The minimum Gasteiger partial charge on any atom is -0.543 e. The van der Waals surface area contributed by atoms with Gasteiger partial charge in [0.15, 0.2) is 0 Å². The van der Waals surface area contributed by atoms with Gasteiger partial charge in [0, 0.05) is 0 Å². The Kier molecular flexibility index (Phi) is 27.0. The molecule has 0 aliphatic heterocycles. The molecule has 14 N–H and O–H groups in total. The average molecular weight is 336 g/mol. The summed E-state index contributed by atoms with van der Waals surface area (Å²) in [6.07, 6.45) is 0. The smallest absolute Gasteiger partial charge is 0.364 e. The van der Waals surface area contributed by atoms with Gasteiger partial charge in [-0.15, -0.1) is 0 Å². The molecule has 0 saturated heterocycles. The standard InChI is InChI=1S/2C3H7NO3.C2H2O4.2H2O/c2*4-2(1-5)3(6)7;3-1(4)2(5)6;;/h2*2,5H,1,4H2,(H,6,7);(H,3,4)(H,5,6);2*1H2. The number of quaternary nitrogens is 2. The molecule has 14 heteroatoms. The van der Waals surface area contributed by atoms with Crippen LogP contribution in [0.15, 0.2) is 0 Å². The van der Waals surface area contributed by atoms with Crippen molar-refractivity contribution in [3.63, 3.8) is 0 Å². The second-order valence-corrected chi connectivity index (χ2v) is 3.01. The predicted molar refractivity (Wildman–Crippen MR) is 60.0 cm³/mol. The van der Waals surface area contributed by atoms with Gasteiger partial charge < -0.3 is 62.6 Å². The normalized spacial score (nSPS) is 10.5. The molecule has 0 fully saturated rings. The number of carbonyl (C=O) groups excluding carboxylic acids is 2. The maximum absolute atomic E-state index is 9.71. The zero-order valence-corrected chi connectivity index (χ0v) is 11.2. The van der Waals surface area contributed by atoms with Crippen molar-refractivity contribution in [3.05, 3.63) is 0 Å². The molecule has 0 rings (SSSR count). The SMILES string of the molecule is O.O.O=C([O-])C(=O)[O-].[NH3+]C(CO)C(=O)O.[NH3+]C(CO)C(=O)O. The molecule has 2 atom stereocenters. The Balaban J connectivity index is -0.0000000630. The van der Waals surface area contributed by atoms with Crippen LogP contribution in [0.1, 0.15) is 0 Å². The molecule has 0 saturated carbocycles. The first kappa shape index (κ1) is 31.8. The fourth-order valence-corrected chi connectivity index (χ4v) is 0.156. The summed E-state index contributed by atoms with van der Waals surface area (Å²) in [6.45, 7) is -0.787. The van der Waals surface area contributed by atoms with Crippen molar-refractivity contribution in [2.75, 3.05) is 13.2 Å². The lowest BCUT2D eigenvalue weighted by Crippen LogP contribution is -2.66. The fourth-order valence-electron chi connectivity index (χ4n) is 0.156. The molecule has 0 radical (unpaired) electrons. The van der Waals surface area contributed by atoms with Crippen LogP contribution in [0.5, 0.6) is 0 Å². The van der Waals surface area contributed by atoms with E-state index in [0.29, 0.717) is 0 Å². The summed E-state index contributed by atoms with van der Waals surface area (Å²) < 4.78 is 0. The second-order valence-electron chi connectivity index (χ2n) is 3.01. The minimum absolute atomic E-state index is 0. The zero-order valence-electron chi connectivity index (χ0n) is 11.2. The molecule has 0 bridgehead atoms. The quantitative estimate of drug-likeness (QED) is 0.263. The van der Waals surface area contributed by atoms with Crippen LogP contribution in [0.25, 0.3) is 0 Å². The van der Waals surface area contributed by atoms with Crippen LogP contribution in [0.2, 0.25) is 0 Å². The van der Waals surface area contributed by atoms with Gasteiger partial charge in [-0.25, -0.2) is 9.59 Å². The molecular formula is C8H20N2O12. The van der Waals surface area contributed by atoms with Crippen LogP contribution in [-0.2, 0) is 19.2 Å². The highest BCUT2D eigenvalue weighted by molar-refractivity contribution is 6.25. The van der Waals surface area contributed by atoms with Crippen LogP contribution in [-0.4, -0.2) is 80.6 Å². The first-order valence-electron chi connectivity index (χ1n) is 4.76. The molecule has 0 heterocycles. The Morgan fingerprint density at radius 3 is 0.955 bits per heavy atom. The summed E-state index contributed by atoms with van der Waals surface area (Å²) >= 11 is 0. The predicted octanol–water partition coefficient (Wildman–Crippen LogP) is -9.82. The lowest BCUT2D eigenvalue weighted by molar-refractivity contribution is -0.412. The molecule has 0 amide bonds. The van der Waals surface area contributed by atoms with Gasteiger partial charge in [0.1, 0.15) is 13.2 Å². The van der Waals surface area contributed by atoms with Crippen LogP contribution in [0.3, 0.4) is 0 Å². The molecular weight excluding hydrogens is 316 g/mol. The number of hydrogen-bond acceptors (Lipinski definition) is 8. The number of hydrogen-bond donors (Lipinski definition) is 6. The van der Waals surface area contributed by atoms with Gasteiger partial charge in [0.2, 0.25) is 12.1 Å². The molecule has 0 aromatic heterocycles. The number of carboxylic acids is 4. The van der Waals surface area contributed by atoms with Crippen LogP contribution >= 0.6 is 0 Å².